The van der Waals surface area contributed by atoms with Crippen LogP contribution in [0.5, 0.6) is 5.75 Å². The number of hydrogen-bond acceptors (Lipinski definition) is 6. The lowest BCUT2D eigenvalue weighted by Gasteiger charge is -2.16. The van der Waals surface area contributed by atoms with Crippen molar-refractivity contribution in [1.29, 1.82) is 0 Å². The topological polar surface area (TPSA) is 94.8 Å². The van der Waals surface area contributed by atoms with Crippen LogP contribution >= 0.6 is 11.6 Å². The minimum Gasteiger partial charge on any atom is -0.406 e. The Hall–Kier alpha value is -3.21. The predicted octanol–water partition coefficient (Wildman–Crippen LogP) is 3.41. The Kier molecular flexibility index (Phi) is 5.69. The zero-order valence-electron chi connectivity index (χ0n) is 15.1. The van der Waals surface area contributed by atoms with Crippen molar-refractivity contribution >= 4 is 17.5 Å². The Morgan fingerprint density at radius 1 is 1.21 bits per heavy atom. The average Bonchev–Trinajstić information content (AvgIpc) is 3.06. The van der Waals surface area contributed by atoms with Crippen molar-refractivity contribution in [2.45, 2.75) is 26.3 Å². The number of ether oxygens (including phenoxy) is 1. The lowest BCUT2D eigenvalue weighted by molar-refractivity contribution is -0.274. The van der Waals surface area contributed by atoms with Gasteiger partial charge in [0.2, 0.25) is 0 Å². The van der Waals surface area contributed by atoms with Crippen LogP contribution in [0.4, 0.5) is 13.2 Å². The number of aromatic nitrogens is 5. The van der Waals surface area contributed by atoms with E-state index in [0.29, 0.717) is 17.3 Å². The van der Waals surface area contributed by atoms with Crippen LogP contribution in [0.25, 0.3) is 5.82 Å². The molecule has 1 aromatic carbocycles. The van der Waals surface area contributed by atoms with Crippen LogP contribution in [-0.4, -0.2) is 37.0 Å². The molecule has 0 radical (unpaired) electrons. The summed E-state index contributed by atoms with van der Waals surface area (Å²) in [5, 5.41) is 6.74. The monoisotopic (exact) mass is 426 g/mol. The summed E-state index contributed by atoms with van der Waals surface area (Å²) in [5.41, 5.74) is 0.283. The van der Waals surface area contributed by atoms with E-state index in [1.807, 2.05) is 0 Å². The second-order valence-electron chi connectivity index (χ2n) is 5.92. The summed E-state index contributed by atoms with van der Waals surface area (Å²) in [6.45, 7) is 3.35. The Morgan fingerprint density at radius 2 is 1.93 bits per heavy atom. The Morgan fingerprint density at radius 3 is 2.59 bits per heavy atom. The van der Waals surface area contributed by atoms with E-state index < -0.39 is 24.1 Å². The molecule has 0 saturated carbocycles. The van der Waals surface area contributed by atoms with E-state index in [1.54, 1.807) is 13.8 Å². The quantitative estimate of drug-likeness (QED) is 0.671. The number of halogens is 4. The molecule has 0 aliphatic heterocycles. The fourth-order valence-electron chi connectivity index (χ4n) is 2.51. The van der Waals surface area contributed by atoms with Gasteiger partial charge >= 0.3 is 6.36 Å². The van der Waals surface area contributed by atoms with Gasteiger partial charge in [-0.05, 0) is 32.0 Å². The molecule has 0 fully saturated rings. The van der Waals surface area contributed by atoms with Gasteiger partial charge in [-0.15, -0.1) is 13.2 Å². The molecule has 0 bridgehead atoms. The van der Waals surface area contributed by atoms with Gasteiger partial charge in [0.1, 0.15) is 23.6 Å². The number of aryl methyl sites for hydroxylation is 1. The van der Waals surface area contributed by atoms with Crippen LogP contribution in [0.15, 0.2) is 36.9 Å². The summed E-state index contributed by atoms with van der Waals surface area (Å²) >= 11 is 5.82. The molecule has 0 spiro atoms. The van der Waals surface area contributed by atoms with Crippen molar-refractivity contribution in [3.05, 3.63) is 59.0 Å². The molecule has 2 heterocycles. The second-order valence-corrected chi connectivity index (χ2v) is 6.36. The summed E-state index contributed by atoms with van der Waals surface area (Å²) in [6, 6.07) is 2.48. The van der Waals surface area contributed by atoms with Crippen molar-refractivity contribution < 1.29 is 22.7 Å². The van der Waals surface area contributed by atoms with Crippen molar-refractivity contribution in [2.75, 3.05) is 0 Å². The highest BCUT2D eigenvalue weighted by Gasteiger charge is 2.31. The van der Waals surface area contributed by atoms with E-state index in [2.05, 4.69) is 30.1 Å². The molecule has 152 valence electrons. The molecule has 3 aromatic rings. The maximum atomic E-state index is 12.6. The van der Waals surface area contributed by atoms with Crippen molar-refractivity contribution in [2.24, 2.45) is 0 Å². The molecule has 8 nitrogen and oxygen atoms in total. The molecule has 1 unspecified atom stereocenters. The molecule has 2 aromatic heterocycles. The molecular formula is C17H14ClF3N6O2. The molecule has 1 N–H and O–H groups in total. The van der Waals surface area contributed by atoms with Crippen LogP contribution in [0, 0.1) is 6.92 Å². The minimum atomic E-state index is -4.91. The molecule has 3 rings (SSSR count). The molecule has 1 amide bonds. The molecule has 29 heavy (non-hydrogen) atoms. The molecule has 0 saturated heterocycles. The maximum Gasteiger partial charge on any atom is 0.573 e. The fourth-order valence-corrected chi connectivity index (χ4v) is 2.73. The summed E-state index contributed by atoms with van der Waals surface area (Å²) in [4.78, 5) is 25.0. The summed E-state index contributed by atoms with van der Waals surface area (Å²) in [5.74, 6) is -0.387. The van der Waals surface area contributed by atoms with E-state index in [1.165, 1.54) is 29.5 Å². The third-order valence-corrected chi connectivity index (χ3v) is 3.87. The number of benzene rings is 1. The standard InChI is InChI=1S/C17H14ClF3N6O2/c1-9(14-15(23-4-3-22-14)27-8-24-10(2)26-27)25-16(28)11-5-12(18)7-13(6-11)29-17(19,20)21/h3-9H,1-2H3,(H,25,28). The van der Waals surface area contributed by atoms with Gasteiger partial charge in [-0.25, -0.2) is 14.6 Å². The highest BCUT2D eigenvalue weighted by Crippen LogP contribution is 2.27. The van der Waals surface area contributed by atoms with E-state index in [0.717, 1.165) is 12.1 Å². The molecule has 12 heteroatoms. The van der Waals surface area contributed by atoms with E-state index in [-0.39, 0.29) is 10.6 Å². The summed E-state index contributed by atoms with van der Waals surface area (Å²) < 4.78 is 42.6. The van der Waals surface area contributed by atoms with Gasteiger partial charge in [0.05, 0.1) is 6.04 Å². The maximum absolute atomic E-state index is 12.6. The van der Waals surface area contributed by atoms with Crippen LogP contribution in [-0.2, 0) is 0 Å². The van der Waals surface area contributed by atoms with Gasteiger partial charge in [0.25, 0.3) is 5.91 Å². The Bertz CT molecular complexity index is 1040. The molecule has 0 aliphatic rings. The minimum absolute atomic E-state index is 0.0807. The number of amides is 1. The van der Waals surface area contributed by atoms with Crippen LogP contribution in [0.1, 0.15) is 34.8 Å². The molecule has 1 atom stereocenters. The highest BCUT2D eigenvalue weighted by atomic mass is 35.5. The first-order valence-electron chi connectivity index (χ1n) is 8.19. The number of carbonyl (C=O) groups excluding carboxylic acids is 1. The van der Waals surface area contributed by atoms with Gasteiger partial charge < -0.3 is 10.1 Å². The van der Waals surface area contributed by atoms with Gasteiger partial charge in [-0.1, -0.05) is 11.6 Å². The van der Waals surface area contributed by atoms with Crippen molar-refractivity contribution in [3.63, 3.8) is 0 Å². The molecular weight excluding hydrogens is 413 g/mol. The van der Waals surface area contributed by atoms with Gasteiger partial charge in [-0.3, -0.25) is 9.78 Å². The van der Waals surface area contributed by atoms with Crippen LogP contribution < -0.4 is 10.1 Å². The number of carbonyl (C=O) groups is 1. The third-order valence-electron chi connectivity index (χ3n) is 3.65. The Labute approximate surface area is 167 Å². The smallest absolute Gasteiger partial charge is 0.406 e. The van der Waals surface area contributed by atoms with Gasteiger partial charge in [0.15, 0.2) is 5.82 Å². The zero-order chi connectivity index (χ0) is 21.2. The van der Waals surface area contributed by atoms with Crippen LogP contribution in [0.2, 0.25) is 5.02 Å². The number of rotatable bonds is 5. The van der Waals surface area contributed by atoms with Crippen LogP contribution in [0.3, 0.4) is 0 Å². The van der Waals surface area contributed by atoms with E-state index >= 15 is 0 Å². The summed E-state index contributed by atoms with van der Waals surface area (Å²) in [6.07, 6.45) is -0.548. The van der Waals surface area contributed by atoms with E-state index in [9.17, 15) is 18.0 Å². The van der Waals surface area contributed by atoms with Gasteiger partial charge in [0, 0.05) is 23.0 Å². The second kappa shape index (κ2) is 8.03. The summed E-state index contributed by atoms with van der Waals surface area (Å²) in [7, 11) is 0. The lowest BCUT2D eigenvalue weighted by Crippen LogP contribution is -2.28. The van der Waals surface area contributed by atoms with E-state index in [4.69, 9.17) is 11.6 Å². The number of nitrogens with one attached hydrogen (secondary N) is 1. The average molecular weight is 427 g/mol. The first-order valence-corrected chi connectivity index (χ1v) is 8.57. The number of alkyl halides is 3. The van der Waals surface area contributed by atoms with Gasteiger partial charge in [-0.2, -0.15) is 5.10 Å². The van der Waals surface area contributed by atoms with Crippen molar-refractivity contribution in [3.8, 4) is 11.6 Å². The Balaban J connectivity index is 1.83. The SMILES string of the molecule is Cc1ncn(-c2nccnc2C(C)NC(=O)c2cc(Cl)cc(OC(F)(F)F)c2)n1. The number of hydrogen-bond donors (Lipinski definition) is 1. The largest absolute Gasteiger partial charge is 0.573 e. The highest BCUT2D eigenvalue weighted by molar-refractivity contribution is 6.31. The number of nitrogens with zero attached hydrogens (tertiary/aromatic N) is 5. The molecule has 0 aliphatic carbocycles. The van der Waals surface area contributed by atoms with Crippen molar-refractivity contribution in [1.82, 2.24) is 30.0 Å². The normalized spacial score (nSPS) is 12.5. The predicted molar refractivity (Wildman–Crippen MR) is 95.7 cm³/mol. The first-order chi connectivity index (χ1) is 13.6. The first kappa shape index (κ1) is 20.5. The lowest BCUT2D eigenvalue weighted by atomic mass is 10.1. The fraction of sp³-hybridized carbons (Fsp3) is 0.235. The zero-order valence-corrected chi connectivity index (χ0v) is 15.9. The third kappa shape index (κ3) is 5.19.